The Morgan fingerprint density at radius 1 is 0.840 bits per heavy atom. The monoisotopic (exact) mass is 694 g/mol. The zero-order valence-corrected chi connectivity index (χ0v) is 28.2. The topological polar surface area (TPSA) is 230 Å². The number of amides is 3. The van der Waals surface area contributed by atoms with Gasteiger partial charge in [0.15, 0.2) is 0 Å². The van der Waals surface area contributed by atoms with Gasteiger partial charge in [-0.05, 0) is 67.7 Å². The highest BCUT2D eigenvalue weighted by molar-refractivity contribution is 5.88. The van der Waals surface area contributed by atoms with Gasteiger partial charge in [0.1, 0.15) is 17.9 Å². The van der Waals surface area contributed by atoms with Crippen LogP contribution in [0.4, 0.5) is 4.79 Å². The van der Waals surface area contributed by atoms with Crippen LogP contribution < -0.4 is 16.0 Å². The van der Waals surface area contributed by atoms with Gasteiger partial charge in [-0.3, -0.25) is 19.1 Å². The van der Waals surface area contributed by atoms with E-state index in [0.29, 0.717) is 38.5 Å². The van der Waals surface area contributed by atoms with E-state index in [1.165, 1.54) is 0 Å². The first-order valence-corrected chi connectivity index (χ1v) is 16.9. The lowest BCUT2D eigenvalue weighted by Crippen LogP contribution is -2.51. The lowest BCUT2D eigenvalue weighted by Gasteiger charge is -2.19. The van der Waals surface area contributed by atoms with Crippen LogP contribution in [0.1, 0.15) is 76.0 Å². The number of aliphatic carboxylic acids is 3. The van der Waals surface area contributed by atoms with E-state index in [9.17, 15) is 39.0 Å². The number of nitrogens with one attached hydrogen (secondary N) is 3. The summed E-state index contributed by atoms with van der Waals surface area (Å²) in [4.78, 5) is 72.5. The summed E-state index contributed by atoms with van der Waals surface area (Å²) in [5.74, 6) is -4.95. The van der Waals surface area contributed by atoms with E-state index in [1.807, 2.05) is 48.7 Å². The number of urea groups is 1. The summed E-state index contributed by atoms with van der Waals surface area (Å²) in [6.45, 7) is 3.04. The Morgan fingerprint density at radius 2 is 1.54 bits per heavy atom. The molecular formula is C35H46N6O9. The van der Waals surface area contributed by atoms with Crippen molar-refractivity contribution in [3.63, 3.8) is 0 Å². The number of carbonyl (C=O) groups excluding carboxylic acids is 3. The Hall–Kier alpha value is -5.34. The largest absolute Gasteiger partial charge is 0.481 e. The van der Waals surface area contributed by atoms with E-state index >= 15 is 0 Å². The van der Waals surface area contributed by atoms with Gasteiger partial charge in [-0.25, -0.2) is 14.4 Å². The maximum absolute atomic E-state index is 13.4. The normalized spacial score (nSPS) is 12.8. The lowest BCUT2D eigenvalue weighted by molar-refractivity contribution is -0.141. The second-order valence-electron chi connectivity index (χ2n) is 12.3. The third kappa shape index (κ3) is 13.6. The van der Waals surface area contributed by atoms with E-state index in [0.717, 1.165) is 35.0 Å². The zero-order valence-electron chi connectivity index (χ0n) is 28.2. The summed E-state index contributed by atoms with van der Waals surface area (Å²) in [6, 6.07) is 9.93. The summed E-state index contributed by atoms with van der Waals surface area (Å²) < 4.78 is 1.78. The van der Waals surface area contributed by atoms with Crippen LogP contribution in [-0.2, 0) is 43.4 Å². The van der Waals surface area contributed by atoms with Crippen LogP contribution in [0.3, 0.4) is 0 Å². The van der Waals surface area contributed by atoms with Gasteiger partial charge in [-0.15, -0.1) is 5.10 Å². The van der Waals surface area contributed by atoms with Crippen molar-refractivity contribution in [2.24, 2.45) is 5.92 Å². The number of unbranched alkanes of at least 4 members (excludes halogenated alkanes) is 1. The Labute approximate surface area is 289 Å². The van der Waals surface area contributed by atoms with Gasteiger partial charge in [-0.2, -0.15) is 0 Å². The predicted octanol–water partition coefficient (Wildman–Crippen LogP) is 3.34. The molecule has 1 heterocycles. The maximum atomic E-state index is 13.4. The molecule has 3 aromatic rings. The highest BCUT2D eigenvalue weighted by Crippen LogP contribution is 2.21. The molecule has 0 fully saturated rings. The van der Waals surface area contributed by atoms with Crippen molar-refractivity contribution in [1.82, 2.24) is 30.9 Å². The fraction of sp³-hybridized carbons (Fsp3) is 0.486. The predicted molar refractivity (Wildman–Crippen MR) is 182 cm³/mol. The molecule has 2 aromatic carbocycles. The molecule has 0 aliphatic carbocycles. The number of Topliss-reactive ketones (excluding diaryl/α,β-unsaturated/α-hetero) is 1. The van der Waals surface area contributed by atoms with Gasteiger partial charge in [0.25, 0.3) is 0 Å². The molecule has 15 heteroatoms. The number of aromatic nitrogens is 3. The molecule has 0 radical (unpaired) electrons. The van der Waals surface area contributed by atoms with Crippen LogP contribution in [-0.4, -0.2) is 84.6 Å². The summed E-state index contributed by atoms with van der Waals surface area (Å²) >= 11 is 0. The van der Waals surface area contributed by atoms with Gasteiger partial charge < -0.3 is 31.3 Å². The lowest BCUT2D eigenvalue weighted by atomic mass is 9.91. The average molecular weight is 695 g/mol. The van der Waals surface area contributed by atoms with E-state index in [2.05, 4.69) is 33.2 Å². The van der Waals surface area contributed by atoms with Crippen molar-refractivity contribution in [3.8, 4) is 0 Å². The molecule has 3 atom stereocenters. The highest BCUT2D eigenvalue weighted by atomic mass is 16.4. The zero-order chi connectivity index (χ0) is 36.5. The average Bonchev–Trinajstić information content (AvgIpc) is 3.52. The molecule has 0 aliphatic rings. The van der Waals surface area contributed by atoms with Crippen LogP contribution in [0, 0.1) is 5.92 Å². The van der Waals surface area contributed by atoms with Crippen molar-refractivity contribution >= 4 is 46.4 Å². The maximum Gasteiger partial charge on any atom is 0.326 e. The molecule has 3 unspecified atom stereocenters. The Kier molecular flexibility index (Phi) is 15.8. The fourth-order valence-corrected chi connectivity index (χ4v) is 5.51. The molecule has 6 N–H and O–H groups in total. The number of rotatable bonds is 23. The number of hydrogen-bond acceptors (Lipinski definition) is 8. The van der Waals surface area contributed by atoms with Crippen LogP contribution in [0.2, 0.25) is 0 Å². The molecular weight excluding hydrogens is 648 g/mol. The number of carboxylic acids is 3. The third-order valence-electron chi connectivity index (χ3n) is 8.14. The van der Waals surface area contributed by atoms with E-state index in [1.54, 1.807) is 4.68 Å². The first-order chi connectivity index (χ1) is 23.9. The Balaban J connectivity index is 1.52. The second-order valence-corrected chi connectivity index (χ2v) is 12.3. The first-order valence-electron chi connectivity index (χ1n) is 16.9. The minimum Gasteiger partial charge on any atom is -0.481 e. The first kappa shape index (κ1) is 39.1. The number of carboxylic acid groups (broad SMARTS) is 3. The Bertz CT molecular complexity index is 1620. The molecule has 3 rings (SSSR count). The van der Waals surface area contributed by atoms with Gasteiger partial charge >= 0.3 is 23.9 Å². The van der Waals surface area contributed by atoms with Crippen LogP contribution in [0.5, 0.6) is 0 Å². The number of ketones is 1. The van der Waals surface area contributed by atoms with Crippen LogP contribution in [0.15, 0.2) is 48.7 Å². The quantitative estimate of drug-likeness (QED) is 0.0789. The number of benzene rings is 2. The minimum absolute atomic E-state index is 0.00328. The smallest absolute Gasteiger partial charge is 0.326 e. The fourth-order valence-electron chi connectivity index (χ4n) is 5.51. The highest BCUT2D eigenvalue weighted by Gasteiger charge is 2.25. The number of carbonyl (C=O) groups is 6. The van der Waals surface area contributed by atoms with E-state index in [4.69, 9.17) is 5.11 Å². The Morgan fingerprint density at radius 3 is 2.22 bits per heavy atom. The third-order valence-corrected chi connectivity index (χ3v) is 8.14. The molecule has 50 heavy (non-hydrogen) atoms. The van der Waals surface area contributed by atoms with Crippen molar-refractivity contribution in [1.29, 1.82) is 0 Å². The summed E-state index contributed by atoms with van der Waals surface area (Å²) in [7, 11) is 0. The summed E-state index contributed by atoms with van der Waals surface area (Å²) in [5.41, 5.74) is 1.74. The van der Waals surface area contributed by atoms with Crippen molar-refractivity contribution in [2.75, 3.05) is 6.54 Å². The van der Waals surface area contributed by atoms with Crippen LogP contribution in [0.25, 0.3) is 10.8 Å². The van der Waals surface area contributed by atoms with Gasteiger partial charge in [0.2, 0.25) is 5.91 Å². The second kappa shape index (κ2) is 20.2. The van der Waals surface area contributed by atoms with Crippen molar-refractivity contribution < 1.29 is 44.1 Å². The van der Waals surface area contributed by atoms with Crippen molar-refractivity contribution in [3.05, 3.63) is 59.9 Å². The van der Waals surface area contributed by atoms with Crippen molar-refractivity contribution in [2.45, 2.75) is 96.2 Å². The molecule has 0 aliphatic heterocycles. The molecule has 1 aromatic heterocycles. The number of hydrogen-bond donors (Lipinski definition) is 6. The standard InChI is InChI=1S/C35H46N6O9/c1-2-18-41-22-27(39-40-41)10-7-11-28(42)21-26(20-23-13-14-24-8-3-4-9-25(24)19-23)32(45)36-17-6-5-12-29(33(46)47)37-35(50)38-30(34(48)49)15-16-31(43)44/h3-4,8-9,13-14,19,22,26,29-30H,2,5-7,10-12,15-18,20-21H2,1H3,(H,36,45)(H,43,44)(H,46,47)(H,48,49)(H2,37,38,50). The number of fused-ring (bicyclic) bond motifs is 1. The van der Waals surface area contributed by atoms with Gasteiger partial charge in [-0.1, -0.05) is 54.6 Å². The minimum atomic E-state index is -1.50. The summed E-state index contributed by atoms with van der Waals surface area (Å²) in [6.07, 6.45) is 4.55. The molecule has 3 amide bonds. The molecule has 0 spiro atoms. The van der Waals surface area contributed by atoms with Crippen LogP contribution >= 0.6 is 0 Å². The molecule has 0 bridgehead atoms. The van der Waals surface area contributed by atoms with E-state index in [-0.39, 0.29) is 37.5 Å². The number of nitrogens with zero attached hydrogens (tertiary/aromatic N) is 3. The van der Waals surface area contributed by atoms with E-state index < -0.39 is 48.4 Å². The molecule has 15 nitrogen and oxygen atoms in total. The SMILES string of the molecule is CCCn1cc(CCCC(=O)CC(Cc2ccc3ccccc3c2)C(=O)NCCCCC(NC(=O)NC(CCC(=O)O)C(=O)O)C(=O)O)nn1. The molecule has 270 valence electrons. The van der Waals surface area contributed by atoms with Gasteiger partial charge in [0.05, 0.1) is 5.69 Å². The van der Waals surface area contributed by atoms with Gasteiger partial charge in [0, 0.05) is 44.5 Å². The summed E-state index contributed by atoms with van der Waals surface area (Å²) in [5, 5.41) is 45.1. The molecule has 0 saturated carbocycles. The number of aryl methyl sites for hydroxylation is 2. The molecule has 0 saturated heterocycles.